The average molecular weight is 346 g/mol. The molecule has 0 radical (unpaired) electrons. The first-order valence-electron chi connectivity index (χ1n) is 8.07. The summed E-state index contributed by atoms with van der Waals surface area (Å²) in [5.74, 6) is -0.791. The van der Waals surface area contributed by atoms with Gasteiger partial charge in [0.05, 0.1) is 12.1 Å². The van der Waals surface area contributed by atoms with E-state index in [1.165, 1.54) is 12.1 Å². The van der Waals surface area contributed by atoms with E-state index in [-0.39, 0.29) is 17.0 Å². The zero-order chi connectivity index (χ0) is 18.8. The van der Waals surface area contributed by atoms with Crippen LogP contribution in [0.2, 0.25) is 0 Å². The summed E-state index contributed by atoms with van der Waals surface area (Å²) >= 11 is 0. The number of phenolic OH excluding ortho intramolecular Hbond substituents is 1. The largest absolute Gasteiger partial charge is 0.507 e. The quantitative estimate of drug-likeness (QED) is 0.757. The van der Waals surface area contributed by atoms with Gasteiger partial charge in [0.1, 0.15) is 11.8 Å². The monoisotopic (exact) mass is 346 g/mol. The highest BCUT2D eigenvalue weighted by atomic mass is 16.3. The molecule has 1 heterocycles. The Labute approximate surface area is 151 Å². The zero-order valence-corrected chi connectivity index (χ0v) is 14.5. The lowest BCUT2D eigenvalue weighted by Gasteiger charge is -2.07. The number of nitriles is 1. The first kappa shape index (κ1) is 17.2. The molecule has 6 heteroatoms. The number of carbonyl (C=O) groups is 1. The van der Waals surface area contributed by atoms with Crippen molar-refractivity contribution in [1.82, 2.24) is 9.78 Å². The van der Waals surface area contributed by atoms with Crippen LogP contribution in [-0.2, 0) is 6.54 Å². The van der Waals surface area contributed by atoms with E-state index in [1.807, 2.05) is 44.2 Å². The molecule has 0 spiro atoms. The van der Waals surface area contributed by atoms with Crippen molar-refractivity contribution in [2.75, 3.05) is 0 Å². The van der Waals surface area contributed by atoms with Gasteiger partial charge >= 0.3 is 0 Å². The zero-order valence-electron chi connectivity index (χ0n) is 14.5. The van der Waals surface area contributed by atoms with Crippen molar-refractivity contribution in [1.29, 1.82) is 5.26 Å². The third-order valence-corrected chi connectivity index (χ3v) is 4.30. The lowest BCUT2D eigenvalue weighted by Crippen LogP contribution is -2.13. The van der Waals surface area contributed by atoms with Crippen molar-refractivity contribution in [3.05, 3.63) is 70.5 Å². The van der Waals surface area contributed by atoms with E-state index in [0.29, 0.717) is 17.7 Å². The molecule has 1 aromatic heterocycles. The third kappa shape index (κ3) is 3.15. The van der Waals surface area contributed by atoms with Crippen LogP contribution >= 0.6 is 0 Å². The number of hydrogen-bond donors (Lipinski definition) is 2. The summed E-state index contributed by atoms with van der Waals surface area (Å²) in [6.45, 7) is 4.36. The number of aromatic nitrogens is 2. The molecule has 26 heavy (non-hydrogen) atoms. The highest BCUT2D eigenvalue weighted by Gasteiger charge is 2.21. The smallest absolute Gasteiger partial charge is 0.269 e. The van der Waals surface area contributed by atoms with Crippen LogP contribution < -0.4 is 5.73 Å². The van der Waals surface area contributed by atoms with Crippen molar-refractivity contribution >= 4 is 5.91 Å². The first-order chi connectivity index (χ1) is 12.4. The number of carbonyl (C=O) groups excluding carboxylic acids is 1. The Kier molecular flexibility index (Phi) is 4.46. The minimum absolute atomic E-state index is 0.138. The maximum absolute atomic E-state index is 11.9. The number of aryl methyl sites for hydroxylation is 1. The van der Waals surface area contributed by atoms with Crippen LogP contribution in [0.25, 0.3) is 11.1 Å². The molecule has 6 nitrogen and oxygen atoms in total. The van der Waals surface area contributed by atoms with Crippen LogP contribution in [0, 0.1) is 25.2 Å². The molecule has 0 aliphatic heterocycles. The molecule has 1 amide bonds. The van der Waals surface area contributed by atoms with Crippen LogP contribution in [0.15, 0.2) is 42.5 Å². The average Bonchev–Trinajstić information content (AvgIpc) is 2.93. The van der Waals surface area contributed by atoms with E-state index in [1.54, 1.807) is 10.7 Å². The van der Waals surface area contributed by atoms with Crippen LogP contribution in [0.4, 0.5) is 0 Å². The second kappa shape index (κ2) is 6.73. The maximum Gasteiger partial charge on any atom is 0.269 e. The summed E-state index contributed by atoms with van der Waals surface area (Å²) in [7, 11) is 0. The van der Waals surface area contributed by atoms with Gasteiger partial charge < -0.3 is 10.8 Å². The molecule has 0 fully saturated rings. The van der Waals surface area contributed by atoms with Crippen LogP contribution in [0.3, 0.4) is 0 Å². The lowest BCUT2D eigenvalue weighted by molar-refractivity contribution is 0.0995. The number of nitrogens with zero attached hydrogens (tertiary/aromatic N) is 3. The van der Waals surface area contributed by atoms with Gasteiger partial charge in [0, 0.05) is 11.3 Å². The van der Waals surface area contributed by atoms with E-state index in [2.05, 4.69) is 5.10 Å². The molecular formula is C20H18N4O2. The summed E-state index contributed by atoms with van der Waals surface area (Å²) in [6, 6.07) is 14.6. The summed E-state index contributed by atoms with van der Waals surface area (Å²) < 4.78 is 1.72. The Morgan fingerprint density at radius 2 is 1.92 bits per heavy atom. The number of hydrogen-bond acceptors (Lipinski definition) is 4. The predicted molar refractivity (Wildman–Crippen MR) is 97.6 cm³/mol. The Balaban J connectivity index is 2.09. The molecule has 0 saturated heterocycles. The van der Waals surface area contributed by atoms with E-state index in [4.69, 9.17) is 11.0 Å². The maximum atomic E-state index is 11.9. The molecule has 0 aliphatic rings. The van der Waals surface area contributed by atoms with Crippen LogP contribution in [0.1, 0.15) is 32.9 Å². The second-order valence-corrected chi connectivity index (χ2v) is 6.16. The number of phenols is 1. The van der Waals surface area contributed by atoms with Crippen molar-refractivity contribution in [2.45, 2.75) is 20.4 Å². The molecule has 3 rings (SSSR count). The molecule has 0 atom stereocenters. The van der Waals surface area contributed by atoms with E-state index in [0.717, 1.165) is 16.8 Å². The van der Waals surface area contributed by atoms with Crippen molar-refractivity contribution in [2.24, 2.45) is 5.73 Å². The number of amides is 1. The first-order valence-corrected chi connectivity index (χ1v) is 8.07. The molecule has 0 bridgehead atoms. The number of aromatic hydroxyl groups is 1. The fraction of sp³-hybridized carbons (Fsp3) is 0.150. The SMILES string of the molecule is Cc1ccc(Cn2nc(C(N)=O)c(-c3ccc(C#N)c(O)c3)c2C)cc1. The van der Waals surface area contributed by atoms with E-state index >= 15 is 0 Å². The molecule has 0 saturated carbocycles. The van der Waals surface area contributed by atoms with Gasteiger partial charge in [-0.25, -0.2) is 0 Å². The van der Waals surface area contributed by atoms with Gasteiger partial charge in [-0.05, 0) is 37.1 Å². The van der Waals surface area contributed by atoms with Gasteiger partial charge in [-0.1, -0.05) is 35.9 Å². The molecule has 130 valence electrons. The van der Waals surface area contributed by atoms with Gasteiger partial charge in [0.2, 0.25) is 0 Å². The summed E-state index contributed by atoms with van der Waals surface area (Å²) in [4.78, 5) is 11.9. The van der Waals surface area contributed by atoms with Gasteiger partial charge in [0.15, 0.2) is 5.69 Å². The molecule has 0 aliphatic carbocycles. The minimum Gasteiger partial charge on any atom is -0.507 e. The van der Waals surface area contributed by atoms with E-state index in [9.17, 15) is 9.90 Å². The standard InChI is InChI=1S/C20H18N4O2/c1-12-3-5-14(6-4-12)11-24-13(2)18(19(23-24)20(22)26)15-7-8-16(10-21)17(25)9-15/h3-9,25H,11H2,1-2H3,(H2,22,26). The fourth-order valence-electron chi connectivity index (χ4n) is 2.87. The predicted octanol–water partition coefficient (Wildman–Crippen LogP) is 2.89. The van der Waals surface area contributed by atoms with Gasteiger partial charge in [-0.2, -0.15) is 10.4 Å². The normalized spacial score (nSPS) is 10.5. The Bertz CT molecular complexity index is 1030. The van der Waals surface area contributed by atoms with Crippen LogP contribution in [0.5, 0.6) is 5.75 Å². The number of nitrogens with two attached hydrogens (primary N) is 1. The molecule has 3 aromatic rings. The second-order valence-electron chi connectivity index (χ2n) is 6.16. The number of primary amides is 1. The van der Waals surface area contributed by atoms with E-state index < -0.39 is 5.91 Å². The molecule has 3 N–H and O–H groups in total. The minimum atomic E-state index is -0.644. The topological polar surface area (TPSA) is 105 Å². The fourth-order valence-corrected chi connectivity index (χ4v) is 2.87. The number of rotatable bonds is 4. The lowest BCUT2D eigenvalue weighted by atomic mass is 10.0. The number of benzene rings is 2. The third-order valence-electron chi connectivity index (χ3n) is 4.30. The Morgan fingerprint density at radius 1 is 1.23 bits per heavy atom. The van der Waals surface area contributed by atoms with Crippen molar-refractivity contribution in [3.8, 4) is 22.9 Å². The Hall–Kier alpha value is -3.59. The van der Waals surface area contributed by atoms with Crippen molar-refractivity contribution < 1.29 is 9.90 Å². The molecule has 2 aromatic carbocycles. The summed E-state index contributed by atoms with van der Waals surface area (Å²) in [5.41, 5.74) is 9.93. The summed E-state index contributed by atoms with van der Waals surface area (Å²) in [6.07, 6.45) is 0. The molecule has 0 unspecified atom stereocenters. The van der Waals surface area contributed by atoms with Gasteiger partial charge in [-0.3, -0.25) is 9.48 Å². The van der Waals surface area contributed by atoms with Crippen molar-refractivity contribution in [3.63, 3.8) is 0 Å². The van der Waals surface area contributed by atoms with Gasteiger partial charge in [0.25, 0.3) is 5.91 Å². The summed E-state index contributed by atoms with van der Waals surface area (Å²) in [5, 5.41) is 23.3. The Morgan fingerprint density at radius 3 is 2.50 bits per heavy atom. The van der Waals surface area contributed by atoms with Gasteiger partial charge in [-0.15, -0.1) is 0 Å². The highest BCUT2D eigenvalue weighted by molar-refractivity contribution is 5.98. The molecular weight excluding hydrogens is 328 g/mol. The van der Waals surface area contributed by atoms with Crippen LogP contribution in [-0.4, -0.2) is 20.8 Å². The highest BCUT2D eigenvalue weighted by Crippen LogP contribution is 2.31.